The average molecular weight is 170 g/mol. The lowest BCUT2D eigenvalue weighted by Gasteiger charge is -2.36. The van der Waals surface area contributed by atoms with Crippen LogP contribution in [-0.4, -0.2) is 36.2 Å². The van der Waals surface area contributed by atoms with Gasteiger partial charge in [0.25, 0.3) is 0 Å². The molecule has 2 unspecified atom stereocenters. The number of amides is 2. The number of carbonyl (C=O) groups is 1. The van der Waals surface area contributed by atoms with Crippen LogP contribution in [0.3, 0.4) is 0 Å². The fourth-order valence-electron chi connectivity index (χ4n) is 2.20. The zero-order chi connectivity index (χ0) is 8.55. The molecule has 2 fully saturated rings. The van der Waals surface area contributed by atoms with Crippen LogP contribution in [0, 0.1) is 0 Å². The van der Waals surface area contributed by atoms with Gasteiger partial charge in [0.15, 0.2) is 0 Å². The number of urea groups is 1. The molecule has 1 saturated heterocycles. The molecule has 0 aromatic carbocycles. The van der Waals surface area contributed by atoms with Crippen molar-refractivity contribution in [3.63, 3.8) is 0 Å². The summed E-state index contributed by atoms with van der Waals surface area (Å²) >= 11 is 0. The second-order valence-corrected chi connectivity index (χ2v) is 3.44. The minimum Gasteiger partial charge on any atom is -0.374 e. The van der Waals surface area contributed by atoms with Crippen molar-refractivity contribution in [1.82, 2.24) is 4.90 Å². The van der Waals surface area contributed by atoms with E-state index in [9.17, 15) is 4.79 Å². The molecule has 68 valence electrons. The molecular weight excluding hydrogens is 156 g/mol. The maximum Gasteiger partial charge on any atom is 0.315 e. The van der Waals surface area contributed by atoms with E-state index in [1.165, 1.54) is 0 Å². The van der Waals surface area contributed by atoms with E-state index in [1.54, 1.807) is 4.90 Å². The lowest BCUT2D eigenvalue weighted by atomic mass is 10.1. The van der Waals surface area contributed by atoms with Crippen LogP contribution < -0.4 is 5.73 Å². The number of hydrogen-bond acceptors (Lipinski definition) is 2. The zero-order valence-electron chi connectivity index (χ0n) is 7.03. The lowest BCUT2D eigenvalue weighted by molar-refractivity contribution is -0.0369. The van der Waals surface area contributed by atoms with Crippen LogP contribution in [0.25, 0.3) is 0 Å². The monoisotopic (exact) mass is 170 g/mol. The summed E-state index contributed by atoms with van der Waals surface area (Å²) in [6, 6.07) is -0.0357. The molecule has 1 saturated carbocycles. The van der Waals surface area contributed by atoms with Gasteiger partial charge in [0.1, 0.15) is 0 Å². The predicted octanol–water partition coefficient (Wildman–Crippen LogP) is 0.318. The lowest BCUT2D eigenvalue weighted by Crippen LogP contribution is -2.53. The van der Waals surface area contributed by atoms with Crippen molar-refractivity contribution in [3.05, 3.63) is 0 Å². The third-order valence-electron chi connectivity index (χ3n) is 2.77. The predicted molar refractivity (Wildman–Crippen MR) is 43.7 cm³/mol. The van der Waals surface area contributed by atoms with E-state index < -0.39 is 0 Å². The Labute approximate surface area is 71.7 Å². The largest absolute Gasteiger partial charge is 0.374 e. The first-order valence-electron chi connectivity index (χ1n) is 4.47. The highest BCUT2D eigenvalue weighted by Gasteiger charge is 2.37. The Balaban J connectivity index is 2.08. The summed E-state index contributed by atoms with van der Waals surface area (Å²) in [6.45, 7) is 1.31. The van der Waals surface area contributed by atoms with Crippen LogP contribution in [0.4, 0.5) is 4.79 Å². The average Bonchev–Trinajstić information content (AvgIpc) is 2.49. The molecule has 0 bridgehead atoms. The van der Waals surface area contributed by atoms with E-state index in [1.807, 2.05) is 0 Å². The smallest absolute Gasteiger partial charge is 0.315 e. The molecule has 12 heavy (non-hydrogen) atoms. The van der Waals surface area contributed by atoms with Crippen molar-refractivity contribution in [3.8, 4) is 0 Å². The fourth-order valence-corrected chi connectivity index (χ4v) is 2.20. The summed E-state index contributed by atoms with van der Waals surface area (Å²) in [5.74, 6) is 0. The van der Waals surface area contributed by atoms with Crippen LogP contribution >= 0.6 is 0 Å². The van der Waals surface area contributed by atoms with Crippen molar-refractivity contribution in [2.24, 2.45) is 5.73 Å². The second-order valence-electron chi connectivity index (χ2n) is 3.44. The van der Waals surface area contributed by atoms with Crippen LogP contribution in [0.5, 0.6) is 0 Å². The second kappa shape index (κ2) is 2.94. The highest BCUT2D eigenvalue weighted by Crippen LogP contribution is 2.29. The Hall–Kier alpha value is -0.770. The Morgan fingerprint density at radius 3 is 3.08 bits per heavy atom. The molecule has 0 aromatic heterocycles. The molecule has 2 amide bonds. The number of rotatable bonds is 0. The minimum absolute atomic E-state index is 0.256. The first-order valence-corrected chi connectivity index (χ1v) is 4.47. The molecule has 0 radical (unpaired) electrons. The molecular formula is C8H14N2O2. The van der Waals surface area contributed by atoms with Gasteiger partial charge in [-0.15, -0.1) is 0 Å². The third kappa shape index (κ3) is 1.16. The van der Waals surface area contributed by atoms with E-state index in [0.29, 0.717) is 13.2 Å². The van der Waals surface area contributed by atoms with Crippen LogP contribution in [-0.2, 0) is 4.74 Å². The molecule has 4 nitrogen and oxygen atoms in total. The standard InChI is InChI=1S/C8H14N2O2/c9-8(11)10-4-5-12-7-3-1-2-6(7)10/h6-7H,1-5H2,(H2,9,11). The van der Waals surface area contributed by atoms with Gasteiger partial charge in [0, 0.05) is 6.54 Å². The number of carbonyl (C=O) groups excluding carboxylic acids is 1. The summed E-state index contributed by atoms with van der Waals surface area (Å²) in [4.78, 5) is 12.7. The highest BCUT2D eigenvalue weighted by molar-refractivity contribution is 5.72. The van der Waals surface area contributed by atoms with Crippen molar-refractivity contribution in [2.75, 3.05) is 13.2 Å². The number of primary amides is 1. The molecule has 0 aromatic rings. The Bertz CT molecular complexity index is 195. The SMILES string of the molecule is NC(=O)N1CCOC2CCCC21. The molecule has 1 heterocycles. The van der Waals surface area contributed by atoms with Gasteiger partial charge in [-0.25, -0.2) is 4.79 Å². The van der Waals surface area contributed by atoms with Crippen LogP contribution in [0.15, 0.2) is 0 Å². The quantitative estimate of drug-likeness (QED) is 0.569. The van der Waals surface area contributed by atoms with Gasteiger partial charge >= 0.3 is 6.03 Å². The molecule has 4 heteroatoms. The number of hydrogen-bond donors (Lipinski definition) is 1. The van der Waals surface area contributed by atoms with Gasteiger partial charge in [0.2, 0.25) is 0 Å². The number of fused-ring (bicyclic) bond motifs is 1. The maximum absolute atomic E-state index is 11.0. The summed E-state index contributed by atoms with van der Waals surface area (Å²) in [5, 5.41) is 0. The molecule has 2 rings (SSSR count). The normalized spacial score (nSPS) is 34.8. The number of morpholine rings is 1. The minimum atomic E-state index is -0.296. The molecule has 2 atom stereocenters. The van der Waals surface area contributed by atoms with E-state index >= 15 is 0 Å². The zero-order valence-corrected chi connectivity index (χ0v) is 7.03. The maximum atomic E-state index is 11.0. The Kier molecular flexibility index (Phi) is 1.92. The van der Waals surface area contributed by atoms with Crippen molar-refractivity contribution in [1.29, 1.82) is 0 Å². The summed E-state index contributed by atoms with van der Waals surface area (Å²) in [7, 11) is 0. The Morgan fingerprint density at radius 2 is 2.33 bits per heavy atom. The third-order valence-corrected chi connectivity index (χ3v) is 2.77. The summed E-state index contributed by atoms with van der Waals surface area (Å²) < 4.78 is 5.53. The van der Waals surface area contributed by atoms with E-state index in [4.69, 9.17) is 10.5 Å². The first kappa shape index (κ1) is 7.86. The Morgan fingerprint density at radius 1 is 1.50 bits per heavy atom. The fraction of sp³-hybridized carbons (Fsp3) is 0.875. The van der Waals surface area contributed by atoms with Gasteiger partial charge in [-0.05, 0) is 19.3 Å². The number of nitrogens with zero attached hydrogens (tertiary/aromatic N) is 1. The topological polar surface area (TPSA) is 55.6 Å². The van der Waals surface area contributed by atoms with Crippen LogP contribution in [0.2, 0.25) is 0 Å². The first-order chi connectivity index (χ1) is 5.79. The number of nitrogens with two attached hydrogens (primary N) is 1. The van der Waals surface area contributed by atoms with Crippen molar-refractivity contribution in [2.45, 2.75) is 31.4 Å². The van der Waals surface area contributed by atoms with Crippen molar-refractivity contribution < 1.29 is 9.53 Å². The molecule has 2 aliphatic rings. The van der Waals surface area contributed by atoms with Crippen LogP contribution in [0.1, 0.15) is 19.3 Å². The van der Waals surface area contributed by atoms with E-state index in [-0.39, 0.29) is 18.2 Å². The van der Waals surface area contributed by atoms with Gasteiger partial charge < -0.3 is 15.4 Å². The molecule has 1 aliphatic carbocycles. The highest BCUT2D eigenvalue weighted by atomic mass is 16.5. The molecule has 0 spiro atoms. The van der Waals surface area contributed by atoms with Crippen molar-refractivity contribution >= 4 is 6.03 Å². The summed E-state index contributed by atoms with van der Waals surface area (Å²) in [6.07, 6.45) is 3.53. The van der Waals surface area contributed by atoms with Gasteiger partial charge in [0.05, 0.1) is 18.8 Å². The van der Waals surface area contributed by atoms with Gasteiger partial charge in [-0.1, -0.05) is 0 Å². The van der Waals surface area contributed by atoms with E-state index in [2.05, 4.69) is 0 Å². The van der Waals surface area contributed by atoms with E-state index in [0.717, 1.165) is 19.3 Å². The number of ether oxygens (including phenoxy) is 1. The molecule has 2 N–H and O–H groups in total. The van der Waals surface area contributed by atoms with Gasteiger partial charge in [-0.3, -0.25) is 0 Å². The summed E-state index contributed by atoms with van der Waals surface area (Å²) in [5.41, 5.74) is 5.25. The van der Waals surface area contributed by atoms with Gasteiger partial charge in [-0.2, -0.15) is 0 Å². The molecule has 1 aliphatic heterocycles.